The molecule has 0 saturated carbocycles. The van der Waals surface area contributed by atoms with Gasteiger partial charge in [-0.25, -0.2) is 4.98 Å². The number of anilines is 1. The maximum atomic E-state index is 5.88. The summed E-state index contributed by atoms with van der Waals surface area (Å²) in [5.74, 6) is 2.04. The van der Waals surface area contributed by atoms with E-state index in [1.54, 1.807) is 24.5 Å². The van der Waals surface area contributed by atoms with Gasteiger partial charge in [0, 0.05) is 5.56 Å². The third kappa shape index (κ3) is 2.17. The van der Waals surface area contributed by atoms with Crippen LogP contribution < -0.4 is 10.5 Å². The molecule has 0 saturated heterocycles. The Hall–Kier alpha value is -2.34. The molecule has 0 radical (unpaired) electrons. The van der Waals surface area contributed by atoms with E-state index in [9.17, 15) is 0 Å². The van der Waals surface area contributed by atoms with Gasteiger partial charge in [0.15, 0.2) is 11.6 Å². The third-order valence-electron chi connectivity index (χ3n) is 2.73. The van der Waals surface area contributed by atoms with Gasteiger partial charge in [-0.2, -0.15) is 5.10 Å². The molecule has 0 aliphatic rings. The summed E-state index contributed by atoms with van der Waals surface area (Å²) in [7, 11) is 1.59. The minimum Gasteiger partial charge on any atom is -0.495 e. The van der Waals surface area contributed by atoms with Crippen molar-refractivity contribution in [2.75, 3.05) is 12.8 Å². The van der Waals surface area contributed by atoms with Gasteiger partial charge in [0.1, 0.15) is 5.75 Å². The smallest absolute Gasteiger partial charge is 0.181 e. The Bertz CT molecular complexity index is 690. The van der Waals surface area contributed by atoms with Crippen LogP contribution in [0.15, 0.2) is 35.7 Å². The van der Waals surface area contributed by atoms with E-state index in [2.05, 4.69) is 15.2 Å². The molecule has 19 heavy (non-hydrogen) atoms. The summed E-state index contributed by atoms with van der Waals surface area (Å²) in [5, 5.41) is 9.15. The number of aromatic amines is 1. The van der Waals surface area contributed by atoms with Crippen molar-refractivity contribution in [3.8, 4) is 27.8 Å². The van der Waals surface area contributed by atoms with Crippen molar-refractivity contribution < 1.29 is 4.74 Å². The second-order valence-electron chi connectivity index (χ2n) is 3.94. The van der Waals surface area contributed by atoms with Crippen LogP contribution in [0, 0.1) is 0 Å². The Kier molecular flexibility index (Phi) is 2.92. The van der Waals surface area contributed by atoms with E-state index in [1.165, 1.54) is 0 Å². The number of aromatic nitrogens is 3. The van der Waals surface area contributed by atoms with Gasteiger partial charge in [-0.15, -0.1) is 11.3 Å². The Morgan fingerprint density at radius 3 is 2.89 bits per heavy atom. The molecule has 2 heterocycles. The Morgan fingerprint density at radius 1 is 1.32 bits per heavy atom. The van der Waals surface area contributed by atoms with Gasteiger partial charge in [0.25, 0.3) is 0 Å². The SMILES string of the molecule is COc1ccc(-c2n[nH]c(-c3cccs3)n2)cc1N. The van der Waals surface area contributed by atoms with Crippen LogP contribution in [-0.2, 0) is 0 Å². The third-order valence-corrected chi connectivity index (χ3v) is 3.60. The summed E-state index contributed by atoms with van der Waals surface area (Å²) in [5.41, 5.74) is 7.31. The number of ether oxygens (including phenoxy) is 1. The van der Waals surface area contributed by atoms with Crippen LogP contribution in [0.2, 0.25) is 0 Å². The zero-order valence-electron chi connectivity index (χ0n) is 10.3. The number of nitrogen functional groups attached to an aromatic ring is 1. The number of rotatable bonds is 3. The molecule has 2 aromatic heterocycles. The molecule has 0 aliphatic heterocycles. The van der Waals surface area contributed by atoms with Crippen LogP contribution in [0.5, 0.6) is 5.75 Å². The number of nitrogens with zero attached hydrogens (tertiary/aromatic N) is 2. The fraction of sp³-hybridized carbons (Fsp3) is 0.0769. The predicted molar refractivity (Wildman–Crippen MR) is 76.1 cm³/mol. The predicted octanol–water partition coefficient (Wildman–Crippen LogP) is 2.79. The standard InChI is InChI=1S/C13H12N4OS/c1-18-10-5-4-8(7-9(10)14)12-15-13(17-16-12)11-3-2-6-19-11/h2-7H,14H2,1H3,(H,15,16,17). The Morgan fingerprint density at radius 2 is 2.21 bits per heavy atom. The molecule has 0 atom stereocenters. The molecule has 3 rings (SSSR count). The molecule has 0 fully saturated rings. The quantitative estimate of drug-likeness (QED) is 0.719. The van der Waals surface area contributed by atoms with Crippen molar-refractivity contribution in [1.82, 2.24) is 15.2 Å². The molecule has 0 spiro atoms. The van der Waals surface area contributed by atoms with Crippen LogP contribution in [0.3, 0.4) is 0 Å². The van der Waals surface area contributed by atoms with Crippen LogP contribution in [-0.4, -0.2) is 22.3 Å². The fourth-order valence-corrected chi connectivity index (χ4v) is 2.45. The molecule has 96 valence electrons. The summed E-state index contributed by atoms with van der Waals surface area (Å²) in [6.45, 7) is 0. The van der Waals surface area contributed by atoms with Crippen LogP contribution in [0.1, 0.15) is 0 Å². The molecular weight excluding hydrogens is 260 g/mol. The van der Waals surface area contributed by atoms with Crippen molar-refractivity contribution in [1.29, 1.82) is 0 Å². The lowest BCUT2D eigenvalue weighted by molar-refractivity contribution is 0.417. The number of hydrogen-bond acceptors (Lipinski definition) is 5. The number of H-pyrrole nitrogens is 1. The summed E-state index contributed by atoms with van der Waals surface area (Å²) in [4.78, 5) is 5.52. The maximum Gasteiger partial charge on any atom is 0.181 e. The summed E-state index contributed by atoms with van der Waals surface area (Å²) in [6, 6.07) is 9.48. The zero-order chi connectivity index (χ0) is 13.2. The van der Waals surface area contributed by atoms with E-state index in [0.29, 0.717) is 17.3 Å². The van der Waals surface area contributed by atoms with Gasteiger partial charge in [-0.05, 0) is 29.6 Å². The highest BCUT2D eigenvalue weighted by atomic mass is 32.1. The number of nitrogens with one attached hydrogen (secondary N) is 1. The number of methoxy groups -OCH3 is 1. The molecule has 0 unspecified atom stereocenters. The van der Waals surface area contributed by atoms with Crippen LogP contribution in [0.4, 0.5) is 5.69 Å². The van der Waals surface area contributed by atoms with Gasteiger partial charge < -0.3 is 10.5 Å². The van der Waals surface area contributed by atoms with Crippen molar-refractivity contribution in [2.45, 2.75) is 0 Å². The lowest BCUT2D eigenvalue weighted by atomic mass is 10.2. The Balaban J connectivity index is 1.97. The van der Waals surface area contributed by atoms with Gasteiger partial charge >= 0.3 is 0 Å². The van der Waals surface area contributed by atoms with Crippen molar-refractivity contribution >= 4 is 17.0 Å². The van der Waals surface area contributed by atoms with Gasteiger partial charge in [-0.1, -0.05) is 6.07 Å². The molecule has 1 aromatic carbocycles. The highest BCUT2D eigenvalue weighted by Crippen LogP contribution is 2.28. The van der Waals surface area contributed by atoms with E-state index in [-0.39, 0.29) is 0 Å². The van der Waals surface area contributed by atoms with Crippen LogP contribution >= 0.6 is 11.3 Å². The largest absolute Gasteiger partial charge is 0.495 e. The normalized spacial score (nSPS) is 10.6. The lowest BCUT2D eigenvalue weighted by Crippen LogP contribution is -1.93. The van der Waals surface area contributed by atoms with E-state index in [1.807, 2.05) is 29.6 Å². The van der Waals surface area contributed by atoms with Crippen LogP contribution in [0.25, 0.3) is 22.1 Å². The van der Waals surface area contributed by atoms with E-state index >= 15 is 0 Å². The minimum atomic E-state index is 0.572. The number of nitrogens with two attached hydrogens (primary N) is 1. The molecule has 0 aliphatic carbocycles. The van der Waals surface area contributed by atoms with Gasteiger partial charge in [-0.3, -0.25) is 5.10 Å². The van der Waals surface area contributed by atoms with E-state index in [0.717, 1.165) is 16.3 Å². The lowest BCUT2D eigenvalue weighted by Gasteiger charge is -2.04. The highest BCUT2D eigenvalue weighted by Gasteiger charge is 2.10. The van der Waals surface area contributed by atoms with E-state index in [4.69, 9.17) is 10.5 Å². The molecule has 0 bridgehead atoms. The van der Waals surface area contributed by atoms with Crippen molar-refractivity contribution in [3.63, 3.8) is 0 Å². The first kappa shape index (κ1) is 11.7. The highest BCUT2D eigenvalue weighted by molar-refractivity contribution is 7.13. The first-order valence-corrected chi connectivity index (χ1v) is 6.56. The maximum absolute atomic E-state index is 5.88. The minimum absolute atomic E-state index is 0.572. The number of hydrogen-bond donors (Lipinski definition) is 2. The topological polar surface area (TPSA) is 76.8 Å². The summed E-state index contributed by atoms with van der Waals surface area (Å²) >= 11 is 1.62. The molecule has 0 amide bonds. The number of benzene rings is 1. The molecule has 6 heteroatoms. The number of thiophene rings is 1. The van der Waals surface area contributed by atoms with Gasteiger partial charge in [0.2, 0.25) is 0 Å². The first-order valence-electron chi connectivity index (χ1n) is 5.68. The average molecular weight is 272 g/mol. The Labute approximate surface area is 114 Å². The first-order chi connectivity index (χ1) is 9.28. The van der Waals surface area contributed by atoms with Crippen molar-refractivity contribution in [3.05, 3.63) is 35.7 Å². The second-order valence-corrected chi connectivity index (χ2v) is 4.89. The second kappa shape index (κ2) is 4.74. The molecular formula is C13H12N4OS. The average Bonchev–Trinajstić information content (AvgIpc) is 3.09. The van der Waals surface area contributed by atoms with E-state index < -0.39 is 0 Å². The van der Waals surface area contributed by atoms with Crippen molar-refractivity contribution in [2.24, 2.45) is 0 Å². The zero-order valence-corrected chi connectivity index (χ0v) is 11.1. The summed E-state index contributed by atoms with van der Waals surface area (Å²) < 4.78 is 5.13. The van der Waals surface area contributed by atoms with Gasteiger partial charge in [0.05, 0.1) is 17.7 Å². The molecule has 5 nitrogen and oxygen atoms in total. The monoisotopic (exact) mass is 272 g/mol. The molecule has 3 N–H and O–H groups in total. The fourth-order valence-electron chi connectivity index (χ4n) is 1.79. The molecule has 3 aromatic rings. The summed E-state index contributed by atoms with van der Waals surface area (Å²) in [6.07, 6.45) is 0.